The van der Waals surface area contributed by atoms with Gasteiger partial charge in [0, 0.05) is 5.56 Å². The van der Waals surface area contributed by atoms with E-state index in [1.165, 1.54) is 18.5 Å². The summed E-state index contributed by atoms with van der Waals surface area (Å²) in [5, 5.41) is 0. The van der Waals surface area contributed by atoms with Gasteiger partial charge < -0.3 is 0 Å². The summed E-state index contributed by atoms with van der Waals surface area (Å²) in [4.78, 5) is 12.5. The molecule has 0 aliphatic rings. The van der Waals surface area contributed by atoms with Crippen LogP contribution in [0.3, 0.4) is 0 Å². The third kappa shape index (κ3) is 1.85. The molecule has 0 aliphatic carbocycles. The molecule has 0 N–H and O–H groups in total. The second-order valence-corrected chi connectivity index (χ2v) is 3.63. The fraction of sp³-hybridized carbons (Fsp3) is 0. The maximum absolute atomic E-state index is 12.8. The average Bonchev–Trinajstić information content (AvgIpc) is 2.39. The number of aromatic nitrogens is 3. The van der Waals surface area contributed by atoms with E-state index in [2.05, 4.69) is 15.0 Å². The molecule has 0 fully saturated rings. The summed E-state index contributed by atoms with van der Waals surface area (Å²) >= 11 is 0. The Hall–Kier alpha value is -2.36. The second-order valence-electron chi connectivity index (χ2n) is 3.63. The summed E-state index contributed by atoms with van der Waals surface area (Å²) in [6, 6.07) is 9.98. The number of nitrogens with zero attached hydrogens (tertiary/aromatic N) is 3. The van der Waals surface area contributed by atoms with Crippen molar-refractivity contribution in [2.24, 2.45) is 0 Å². The van der Waals surface area contributed by atoms with Crippen LogP contribution < -0.4 is 0 Å². The van der Waals surface area contributed by atoms with Gasteiger partial charge in [-0.25, -0.2) is 19.3 Å². The highest BCUT2D eigenvalue weighted by Gasteiger charge is 2.02. The summed E-state index contributed by atoms with van der Waals surface area (Å²) in [6.45, 7) is 0. The van der Waals surface area contributed by atoms with Gasteiger partial charge in [-0.3, -0.25) is 0 Å². The molecule has 4 heteroatoms. The molecular formula is C13H8FN3. The lowest BCUT2D eigenvalue weighted by molar-refractivity contribution is 0.628. The summed E-state index contributed by atoms with van der Waals surface area (Å²) in [7, 11) is 0. The minimum Gasteiger partial charge on any atom is -0.245 e. The zero-order chi connectivity index (χ0) is 11.7. The molecule has 3 rings (SSSR count). The summed E-state index contributed by atoms with van der Waals surface area (Å²) in [6.07, 6.45) is 3.15. The van der Waals surface area contributed by atoms with Crippen molar-refractivity contribution in [3.05, 3.63) is 54.7 Å². The van der Waals surface area contributed by atoms with Crippen LogP contribution in [0.2, 0.25) is 0 Å². The minimum atomic E-state index is -0.252. The molecule has 0 radical (unpaired) electrons. The molecule has 0 spiro atoms. The summed E-state index contributed by atoms with van der Waals surface area (Å²) < 4.78 is 12.8. The van der Waals surface area contributed by atoms with Crippen LogP contribution in [0.4, 0.5) is 4.39 Å². The highest BCUT2D eigenvalue weighted by Crippen LogP contribution is 2.19. The first-order chi connectivity index (χ1) is 8.33. The van der Waals surface area contributed by atoms with Gasteiger partial charge in [0.05, 0.1) is 17.4 Å². The molecule has 1 aromatic carbocycles. The Balaban J connectivity index is 2.14. The topological polar surface area (TPSA) is 38.7 Å². The van der Waals surface area contributed by atoms with Crippen molar-refractivity contribution >= 4 is 11.0 Å². The molecular weight excluding hydrogens is 217 g/mol. The van der Waals surface area contributed by atoms with E-state index in [4.69, 9.17) is 0 Å². The minimum absolute atomic E-state index is 0.252. The molecule has 0 unspecified atom stereocenters. The second kappa shape index (κ2) is 3.90. The Morgan fingerprint density at radius 3 is 2.53 bits per heavy atom. The lowest BCUT2D eigenvalue weighted by atomic mass is 10.1. The van der Waals surface area contributed by atoms with Crippen LogP contribution in [-0.4, -0.2) is 15.0 Å². The Labute approximate surface area is 97.0 Å². The highest BCUT2D eigenvalue weighted by atomic mass is 19.1. The fourth-order valence-corrected chi connectivity index (χ4v) is 1.65. The molecule has 0 bridgehead atoms. The van der Waals surface area contributed by atoms with Gasteiger partial charge in [-0.1, -0.05) is 0 Å². The number of rotatable bonds is 1. The van der Waals surface area contributed by atoms with Crippen LogP contribution in [0.1, 0.15) is 0 Å². The predicted molar refractivity (Wildman–Crippen MR) is 62.7 cm³/mol. The zero-order valence-electron chi connectivity index (χ0n) is 8.84. The maximum atomic E-state index is 12.8. The number of hydrogen-bond donors (Lipinski definition) is 0. The van der Waals surface area contributed by atoms with Gasteiger partial charge in [0.15, 0.2) is 0 Å². The van der Waals surface area contributed by atoms with Gasteiger partial charge in [-0.15, -0.1) is 0 Å². The summed E-state index contributed by atoms with van der Waals surface area (Å²) in [5.41, 5.74) is 3.18. The van der Waals surface area contributed by atoms with Gasteiger partial charge in [0.25, 0.3) is 0 Å². The van der Waals surface area contributed by atoms with E-state index in [0.29, 0.717) is 0 Å². The zero-order valence-corrected chi connectivity index (χ0v) is 8.84. The van der Waals surface area contributed by atoms with Crippen molar-refractivity contribution in [2.75, 3.05) is 0 Å². The highest BCUT2D eigenvalue weighted by molar-refractivity contribution is 5.76. The fourth-order valence-electron chi connectivity index (χ4n) is 1.65. The van der Waals surface area contributed by atoms with Crippen molar-refractivity contribution in [1.29, 1.82) is 0 Å². The number of pyridine rings is 1. The van der Waals surface area contributed by atoms with E-state index in [1.54, 1.807) is 18.3 Å². The third-order valence-corrected chi connectivity index (χ3v) is 2.50. The Morgan fingerprint density at radius 2 is 1.71 bits per heavy atom. The molecule has 0 saturated heterocycles. The predicted octanol–water partition coefficient (Wildman–Crippen LogP) is 2.83. The first kappa shape index (κ1) is 9.84. The van der Waals surface area contributed by atoms with Crippen LogP contribution in [0.15, 0.2) is 48.9 Å². The van der Waals surface area contributed by atoms with Gasteiger partial charge in [0.2, 0.25) is 0 Å². The molecule has 0 atom stereocenters. The molecule has 82 valence electrons. The van der Waals surface area contributed by atoms with E-state index < -0.39 is 0 Å². The number of benzene rings is 1. The largest absolute Gasteiger partial charge is 0.245 e. The number of hydrogen-bond acceptors (Lipinski definition) is 3. The third-order valence-electron chi connectivity index (χ3n) is 2.50. The Kier molecular flexibility index (Phi) is 2.26. The number of halogens is 1. The summed E-state index contributed by atoms with van der Waals surface area (Å²) in [5.74, 6) is -0.252. The van der Waals surface area contributed by atoms with Gasteiger partial charge in [-0.05, 0) is 36.4 Å². The van der Waals surface area contributed by atoms with Crippen LogP contribution in [0.5, 0.6) is 0 Å². The molecule has 2 aromatic heterocycles. The van der Waals surface area contributed by atoms with Gasteiger partial charge in [0.1, 0.15) is 17.7 Å². The van der Waals surface area contributed by atoms with Crippen molar-refractivity contribution in [1.82, 2.24) is 15.0 Å². The standard InChI is InChI=1S/C13H8FN3/c14-10-3-1-9(2-4-10)11-5-6-12-13(17-11)7-15-8-16-12/h1-8H. The lowest BCUT2D eigenvalue weighted by Crippen LogP contribution is -1.88. The number of fused-ring (bicyclic) bond motifs is 1. The van der Waals surface area contributed by atoms with Crippen LogP contribution in [0, 0.1) is 5.82 Å². The molecule has 3 nitrogen and oxygen atoms in total. The molecule has 0 aliphatic heterocycles. The molecule has 0 saturated carbocycles. The molecule has 3 aromatic rings. The lowest BCUT2D eigenvalue weighted by Gasteiger charge is -2.02. The van der Waals surface area contributed by atoms with Gasteiger partial charge >= 0.3 is 0 Å². The van der Waals surface area contributed by atoms with Gasteiger partial charge in [-0.2, -0.15) is 0 Å². The van der Waals surface area contributed by atoms with Crippen LogP contribution >= 0.6 is 0 Å². The normalized spacial score (nSPS) is 10.6. The van der Waals surface area contributed by atoms with Crippen molar-refractivity contribution in [3.8, 4) is 11.3 Å². The average molecular weight is 225 g/mol. The van der Waals surface area contributed by atoms with Crippen molar-refractivity contribution in [3.63, 3.8) is 0 Å². The van der Waals surface area contributed by atoms with E-state index in [-0.39, 0.29) is 5.82 Å². The Morgan fingerprint density at radius 1 is 0.882 bits per heavy atom. The molecule has 2 heterocycles. The van der Waals surface area contributed by atoms with E-state index in [0.717, 1.165) is 22.3 Å². The quantitative estimate of drug-likeness (QED) is 0.639. The molecule has 0 amide bonds. The van der Waals surface area contributed by atoms with Crippen LogP contribution in [0.25, 0.3) is 22.3 Å². The first-order valence-electron chi connectivity index (χ1n) is 5.16. The van der Waals surface area contributed by atoms with E-state index in [1.807, 2.05) is 12.1 Å². The SMILES string of the molecule is Fc1ccc(-c2ccc3ncncc3n2)cc1. The van der Waals surface area contributed by atoms with Crippen molar-refractivity contribution < 1.29 is 4.39 Å². The monoisotopic (exact) mass is 225 g/mol. The van der Waals surface area contributed by atoms with E-state index in [9.17, 15) is 4.39 Å². The van der Waals surface area contributed by atoms with Crippen molar-refractivity contribution in [2.45, 2.75) is 0 Å². The first-order valence-corrected chi connectivity index (χ1v) is 5.16. The van der Waals surface area contributed by atoms with E-state index >= 15 is 0 Å². The Bertz CT molecular complexity index is 665. The smallest absolute Gasteiger partial charge is 0.123 e. The molecule has 17 heavy (non-hydrogen) atoms. The maximum Gasteiger partial charge on any atom is 0.123 e. The van der Waals surface area contributed by atoms with Crippen LogP contribution in [-0.2, 0) is 0 Å².